The average Bonchev–Trinajstić information content (AvgIpc) is 2.79. The molecule has 0 N–H and O–H groups in total. The van der Waals surface area contributed by atoms with Gasteiger partial charge in [-0.1, -0.05) is 0 Å². The number of nitrogens with zero attached hydrogens (tertiary/aromatic N) is 2. The first-order valence-electron chi connectivity index (χ1n) is 6.37. The van der Waals surface area contributed by atoms with Gasteiger partial charge in [0.2, 0.25) is 5.88 Å². The molecule has 0 unspecified atom stereocenters. The zero-order chi connectivity index (χ0) is 15.4. The first kappa shape index (κ1) is 14.7. The number of methoxy groups -OCH3 is 2. The number of aliphatic imine (C=N–C) groups is 1. The molecule has 21 heavy (non-hydrogen) atoms. The molecular weight excluding hydrogens is 268 g/mol. The Morgan fingerprint density at radius 3 is 2.62 bits per heavy atom. The maximum Gasteiger partial charge on any atom is 0.237 e. The molecule has 0 bridgehead atoms. The lowest BCUT2D eigenvalue weighted by molar-refractivity contribution is 0.402. The van der Waals surface area contributed by atoms with Crippen molar-refractivity contribution in [3.05, 3.63) is 40.6 Å². The summed E-state index contributed by atoms with van der Waals surface area (Å²) in [6.45, 7) is 3.64. The summed E-state index contributed by atoms with van der Waals surface area (Å²) < 4.78 is 16.0. The average molecular weight is 284 g/mol. The van der Waals surface area contributed by atoms with Crippen LogP contribution < -0.4 is 9.47 Å². The number of hydrogen-bond donors (Lipinski definition) is 0. The Morgan fingerprint density at radius 1 is 1.24 bits per heavy atom. The van der Waals surface area contributed by atoms with Crippen molar-refractivity contribution >= 4 is 12.1 Å². The fraction of sp³-hybridized carbons (Fsp3) is 0.250. The van der Waals surface area contributed by atoms with E-state index in [9.17, 15) is 0 Å². The van der Waals surface area contributed by atoms with Crippen LogP contribution in [0.15, 0.2) is 27.6 Å². The smallest absolute Gasteiger partial charge is 0.237 e. The summed E-state index contributed by atoms with van der Waals surface area (Å²) in [6, 6.07) is 7.51. The van der Waals surface area contributed by atoms with Crippen molar-refractivity contribution in [1.29, 1.82) is 5.26 Å². The zero-order valence-electron chi connectivity index (χ0n) is 12.4. The van der Waals surface area contributed by atoms with Gasteiger partial charge in [0.1, 0.15) is 28.9 Å². The third kappa shape index (κ3) is 2.90. The minimum absolute atomic E-state index is 0.303. The maximum absolute atomic E-state index is 9.16. The van der Waals surface area contributed by atoms with Crippen LogP contribution in [0.5, 0.6) is 11.5 Å². The Hall–Kier alpha value is -2.74. The molecule has 1 heterocycles. The predicted octanol–water partition coefficient (Wildman–Crippen LogP) is 3.54. The molecule has 1 aromatic carbocycles. The molecule has 0 aliphatic rings. The molecule has 108 valence electrons. The van der Waals surface area contributed by atoms with Gasteiger partial charge in [-0.15, -0.1) is 0 Å². The topological polar surface area (TPSA) is 67.8 Å². The van der Waals surface area contributed by atoms with Gasteiger partial charge >= 0.3 is 0 Å². The van der Waals surface area contributed by atoms with E-state index >= 15 is 0 Å². The van der Waals surface area contributed by atoms with Crippen LogP contribution in [0.1, 0.15) is 22.5 Å². The van der Waals surface area contributed by atoms with Crippen molar-refractivity contribution in [2.24, 2.45) is 4.99 Å². The van der Waals surface area contributed by atoms with E-state index in [0.717, 1.165) is 11.1 Å². The van der Waals surface area contributed by atoms with E-state index in [4.69, 9.17) is 19.2 Å². The van der Waals surface area contributed by atoms with E-state index in [1.54, 1.807) is 45.6 Å². The molecule has 0 aliphatic heterocycles. The SMILES string of the molecule is COc1ccc(OC)c(/C=N/c2oc(C)c(C)c2C#N)c1. The summed E-state index contributed by atoms with van der Waals surface area (Å²) >= 11 is 0. The molecule has 2 rings (SSSR count). The second kappa shape index (κ2) is 6.14. The lowest BCUT2D eigenvalue weighted by Crippen LogP contribution is -1.92. The van der Waals surface area contributed by atoms with Gasteiger partial charge in [0.15, 0.2) is 0 Å². The van der Waals surface area contributed by atoms with E-state index in [-0.39, 0.29) is 0 Å². The van der Waals surface area contributed by atoms with Crippen molar-refractivity contribution < 1.29 is 13.9 Å². The summed E-state index contributed by atoms with van der Waals surface area (Å²) in [7, 11) is 3.18. The number of hydrogen-bond acceptors (Lipinski definition) is 5. The molecule has 0 aliphatic carbocycles. The molecule has 5 nitrogen and oxygen atoms in total. The largest absolute Gasteiger partial charge is 0.497 e. The molecule has 0 saturated heterocycles. The highest BCUT2D eigenvalue weighted by molar-refractivity contribution is 5.86. The number of benzene rings is 1. The Bertz CT molecular complexity index is 724. The number of nitriles is 1. The number of rotatable bonds is 4. The molecule has 0 radical (unpaired) electrons. The Labute approximate surface area is 123 Å². The summed E-state index contributed by atoms with van der Waals surface area (Å²) in [5.41, 5.74) is 2.00. The Balaban J connectivity index is 2.42. The van der Waals surface area contributed by atoms with Crippen LogP contribution >= 0.6 is 0 Å². The van der Waals surface area contributed by atoms with E-state index in [1.165, 1.54) is 0 Å². The van der Waals surface area contributed by atoms with Crippen LogP contribution in [-0.4, -0.2) is 20.4 Å². The third-order valence-corrected chi connectivity index (χ3v) is 3.24. The van der Waals surface area contributed by atoms with Crippen molar-refractivity contribution in [3.8, 4) is 17.6 Å². The molecular formula is C16H16N2O3. The second-order valence-corrected chi connectivity index (χ2v) is 4.44. The third-order valence-electron chi connectivity index (χ3n) is 3.24. The summed E-state index contributed by atoms with van der Waals surface area (Å²) in [5.74, 6) is 2.36. The lowest BCUT2D eigenvalue weighted by atomic mass is 10.2. The highest BCUT2D eigenvalue weighted by atomic mass is 16.5. The fourth-order valence-electron chi connectivity index (χ4n) is 1.90. The summed E-state index contributed by atoms with van der Waals surface area (Å²) in [5, 5.41) is 9.16. The normalized spacial score (nSPS) is 10.6. The lowest BCUT2D eigenvalue weighted by Gasteiger charge is -2.06. The van der Waals surface area contributed by atoms with Gasteiger partial charge in [-0.3, -0.25) is 0 Å². The van der Waals surface area contributed by atoms with Gasteiger partial charge in [0, 0.05) is 17.3 Å². The molecule has 0 saturated carbocycles. The standard InChI is InChI=1S/C16H16N2O3/c1-10-11(2)21-16(14(10)8-17)18-9-12-7-13(19-3)5-6-15(12)20-4/h5-7,9H,1-4H3/b18-9+. The number of furan rings is 1. The summed E-state index contributed by atoms with van der Waals surface area (Å²) in [6.07, 6.45) is 1.60. The van der Waals surface area contributed by atoms with E-state index in [0.29, 0.717) is 28.7 Å². The van der Waals surface area contributed by atoms with E-state index in [2.05, 4.69) is 11.1 Å². The van der Waals surface area contributed by atoms with Gasteiger partial charge in [-0.25, -0.2) is 4.99 Å². The van der Waals surface area contributed by atoms with Crippen molar-refractivity contribution in [2.75, 3.05) is 14.2 Å². The zero-order valence-corrected chi connectivity index (χ0v) is 12.4. The fourth-order valence-corrected chi connectivity index (χ4v) is 1.90. The van der Waals surface area contributed by atoms with Gasteiger partial charge in [-0.05, 0) is 32.0 Å². The highest BCUT2D eigenvalue weighted by Crippen LogP contribution is 2.29. The molecule has 2 aromatic rings. The number of ether oxygens (including phenoxy) is 2. The van der Waals surface area contributed by atoms with Crippen LogP contribution in [0.25, 0.3) is 0 Å². The van der Waals surface area contributed by atoms with Gasteiger partial charge < -0.3 is 13.9 Å². The van der Waals surface area contributed by atoms with Crippen LogP contribution in [0.2, 0.25) is 0 Å². The van der Waals surface area contributed by atoms with Crippen molar-refractivity contribution in [1.82, 2.24) is 0 Å². The molecule has 0 atom stereocenters. The molecule has 5 heteroatoms. The van der Waals surface area contributed by atoms with Crippen LogP contribution in [0.3, 0.4) is 0 Å². The van der Waals surface area contributed by atoms with Gasteiger partial charge in [0.05, 0.1) is 14.2 Å². The number of aryl methyl sites for hydroxylation is 1. The van der Waals surface area contributed by atoms with Gasteiger partial charge in [0.25, 0.3) is 0 Å². The quantitative estimate of drug-likeness (QED) is 0.805. The first-order valence-corrected chi connectivity index (χ1v) is 6.37. The van der Waals surface area contributed by atoms with Crippen LogP contribution in [0.4, 0.5) is 5.88 Å². The summed E-state index contributed by atoms with van der Waals surface area (Å²) in [4.78, 5) is 4.26. The van der Waals surface area contributed by atoms with Gasteiger partial charge in [-0.2, -0.15) is 5.26 Å². The molecule has 0 spiro atoms. The Morgan fingerprint density at radius 2 is 2.00 bits per heavy atom. The van der Waals surface area contributed by atoms with Crippen molar-refractivity contribution in [3.63, 3.8) is 0 Å². The molecule has 0 amide bonds. The van der Waals surface area contributed by atoms with E-state index < -0.39 is 0 Å². The maximum atomic E-state index is 9.16. The predicted molar refractivity (Wildman–Crippen MR) is 79.7 cm³/mol. The molecule has 0 fully saturated rings. The molecule has 1 aromatic heterocycles. The monoisotopic (exact) mass is 284 g/mol. The highest BCUT2D eigenvalue weighted by Gasteiger charge is 2.13. The minimum Gasteiger partial charge on any atom is -0.497 e. The van der Waals surface area contributed by atoms with Crippen molar-refractivity contribution in [2.45, 2.75) is 13.8 Å². The second-order valence-electron chi connectivity index (χ2n) is 4.44. The minimum atomic E-state index is 0.303. The van der Waals surface area contributed by atoms with E-state index in [1.807, 2.05) is 6.92 Å². The van der Waals surface area contributed by atoms with Crippen LogP contribution in [0, 0.1) is 25.2 Å². The Kier molecular flexibility index (Phi) is 4.29. The first-order chi connectivity index (χ1) is 10.1. The van der Waals surface area contributed by atoms with Crippen LogP contribution in [-0.2, 0) is 0 Å².